The Kier molecular flexibility index (Phi) is 5.85. The molecule has 0 bridgehead atoms. The maximum atomic E-state index is 12.4. The van der Waals surface area contributed by atoms with E-state index in [0.717, 1.165) is 0 Å². The molecule has 0 saturated heterocycles. The van der Waals surface area contributed by atoms with Crippen molar-refractivity contribution in [2.45, 2.75) is 19.9 Å². The fourth-order valence-electron chi connectivity index (χ4n) is 2.11. The van der Waals surface area contributed by atoms with Crippen LogP contribution in [0.4, 0.5) is 5.82 Å². The van der Waals surface area contributed by atoms with Gasteiger partial charge in [0.1, 0.15) is 6.04 Å². The number of amides is 2. The molecule has 1 aromatic carbocycles. The first-order valence-electron chi connectivity index (χ1n) is 7.34. The molecule has 2 amide bonds. The Morgan fingerprint density at radius 1 is 1.21 bits per heavy atom. The number of carbonyl (C=O) groups excluding carboxylic acids is 2. The Hall–Kier alpha value is -2.05. The average molecular weight is 369 g/mol. The van der Waals surface area contributed by atoms with Crippen LogP contribution in [-0.4, -0.2) is 27.6 Å². The SMILES string of the molecule is CC(C)[C@@H](NC(=O)c1ccc(Cl)cc1Cl)C(=O)Nc1ccn(C)n1. The van der Waals surface area contributed by atoms with Crippen molar-refractivity contribution in [3.05, 3.63) is 46.1 Å². The van der Waals surface area contributed by atoms with Gasteiger partial charge in [0.05, 0.1) is 10.6 Å². The molecule has 0 aliphatic heterocycles. The van der Waals surface area contributed by atoms with E-state index in [1.165, 1.54) is 12.1 Å². The molecule has 2 N–H and O–H groups in total. The molecule has 1 heterocycles. The Bertz CT molecular complexity index is 758. The first-order valence-corrected chi connectivity index (χ1v) is 8.10. The summed E-state index contributed by atoms with van der Waals surface area (Å²) in [6, 6.07) is 5.52. The first-order chi connectivity index (χ1) is 11.3. The fraction of sp³-hybridized carbons (Fsp3) is 0.312. The van der Waals surface area contributed by atoms with Crippen molar-refractivity contribution in [3.8, 4) is 0 Å². The van der Waals surface area contributed by atoms with Gasteiger partial charge in [-0.3, -0.25) is 14.3 Å². The number of nitrogens with one attached hydrogen (secondary N) is 2. The van der Waals surface area contributed by atoms with Crippen LogP contribution >= 0.6 is 23.2 Å². The number of benzene rings is 1. The summed E-state index contributed by atoms with van der Waals surface area (Å²) in [5, 5.41) is 10.1. The second-order valence-corrected chi connectivity index (χ2v) is 6.53. The predicted molar refractivity (Wildman–Crippen MR) is 94.4 cm³/mol. The van der Waals surface area contributed by atoms with Crippen LogP contribution in [0.3, 0.4) is 0 Å². The predicted octanol–water partition coefficient (Wildman–Crippen LogP) is 3.12. The van der Waals surface area contributed by atoms with Crippen molar-refractivity contribution in [2.75, 3.05) is 5.32 Å². The average Bonchev–Trinajstić information content (AvgIpc) is 2.89. The van der Waals surface area contributed by atoms with Crippen molar-refractivity contribution < 1.29 is 9.59 Å². The molecule has 8 heteroatoms. The number of anilines is 1. The van der Waals surface area contributed by atoms with Gasteiger partial charge < -0.3 is 10.6 Å². The standard InChI is InChI=1S/C16H18Cl2N4O2/c1-9(2)14(16(24)19-13-6-7-22(3)21-13)20-15(23)11-5-4-10(17)8-12(11)18/h4-9,14H,1-3H3,(H,20,23)(H,19,21,24)/t14-/m1/s1. The van der Waals surface area contributed by atoms with E-state index in [2.05, 4.69) is 15.7 Å². The molecule has 0 unspecified atom stereocenters. The Morgan fingerprint density at radius 3 is 2.46 bits per heavy atom. The van der Waals surface area contributed by atoms with Gasteiger partial charge in [0.15, 0.2) is 5.82 Å². The third-order valence-electron chi connectivity index (χ3n) is 3.38. The molecule has 0 aliphatic carbocycles. The number of halogens is 2. The van der Waals surface area contributed by atoms with Gasteiger partial charge in [-0.15, -0.1) is 0 Å². The molecule has 0 spiro atoms. The van der Waals surface area contributed by atoms with E-state index in [0.29, 0.717) is 10.8 Å². The third-order valence-corrected chi connectivity index (χ3v) is 3.92. The highest BCUT2D eigenvalue weighted by atomic mass is 35.5. The van der Waals surface area contributed by atoms with Gasteiger partial charge >= 0.3 is 0 Å². The molecule has 1 atom stereocenters. The van der Waals surface area contributed by atoms with E-state index in [4.69, 9.17) is 23.2 Å². The Balaban J connectivity index is 2.12. The lowest BCUT2D eigenvalue weighted by Crippen LogP contribution is -2.47. The number of aryl methyl sites for hydroxylation is 1. The van der Waals surface area contributed by atoms with E-state index in [9.17, 15) is 9.59 Å². The summed E-state index contributed by atoms with van der Waals surface area (Å²) in [4.78, 5) is 24.9. The second-order valence-electron chi connectivity index (χ2n) is 5.68. The number of carbonyl (C=O) groups is 2. The molecule has 1 aromatic heterocycles. The third kappa shape index (κ3) is 4.49. The lowest BCUT2D eigenvalue weighted by atomic mass is 10.0. The van der Waals surface area contributed by atoms with Crippen molar-refractivity contribution in [1.29, 1.82) is 0 Å². The fourth-order valence-corrected chi connectivity index (χ4v) is 2.61. The summed E-state index contributed by atoms with van der Waals surface area (Å²) >= 11 is 11.9. The van der Waals surface area contributed by atoms with Crippen LogP contribution in [0.2, 0.25) is 10.0 Å². The van der Waals surface area contributed by atoms with Crippen LogP contribution in [0.1, 0.15) is 24.2 Å². The van der Waals surface area contributed by atoms with Gasteiger partial charge in [-0.05, 0) is 24.1 Å². The maximum Gasteiger partial charge on any atom is 0.253 e. The number of hydrogen-bond acceptors (Lipinski definition) is 3. The molecule has 24 heavy (non-hydrogen) atoms. The highest BCUT2D eigenvalue weighted by Crippen LogP contribution is 2.21. The summed E-state index contributed by atoms with van der Waals surface area (Å²) in [5.74, 6) is -0.482. The zero-order chi connectivity index (χ0) is 17.9. The largest absolute Gasteiger partial charge is 0.340 e. The van der Waals surface area contributed by atoms with E-state index in [-0.39, 0.29) is 22.4 Å². The van der Waals surface area contributed by atoms with Crippen LogP contribution in [-0.2, 0) is 11.8 Å². The van der Waals surface area contributed by atoms with Crippen LogP contribution in [0, 0.1) is 5.92 Å². The van der Waals surface area contributed by atoms with Crippen molar-refractivity contribution in [2.24, 2.45) is 13.0 Å². The number of rotatable bonds is 5. The summed E-state index contributed by atoms with van der Waals surface area (Å²) < 4.78 is 1.58. The van der Waals surface area contributed by atoms with Gasteiger partial charge in [-0.2, -0.15) is 5.10 Å². The molecule has 128 valence electrons. The number of aromatic nitrogens is 2. The van der Waals surface area contributed by atoms with Crippen LogP contribution in [0.25, 0.3) is 0 Å². The van der Waals surface area contributed by atoms with Gasteiger partial charge in [-0.25, -0.2) is 0 Å². The second kappa shape index (κ2) is 7.68. The molecule has 2 rings (SSSR count). The number of hydrogen-bond donors (Lipinski definition) is 2. The highest BCUT2D eigenvalue weighted by Gasteiger charge is 2.26. The van der Waals surface area contributed by atoms with Crippen molar-refractivity contribution >= 4 is 40.8 Å². The maximum absolute atomic E-state index is 12.4. The summed E-state index contributed by atoms with van der Waals surface area (Å²) in [5.41, 5.74) is 0.261. The molecular formula is C16H18Cl2N4O2. The Morgan fingerprint density at radius 2 is 1.92 bits per heavy atom. The van der Waals surface area contributed by atoms with Gasteiger partial charge in [0.25, 0.3) is 5.91 Å². The monoisotopic (exact) mass is 368 g/mol. The molecular weight excluding hydrogens is 351 g/mol. The van der Waals surface area contributed by atoms with E-state index < -0.39 is 11.9 Å². The summed E-state index contributed by atoms with van der Waals surface area (Å²) in [7, 11) is 1.75. The van der Waals surface area contributed by atoms with Crippen LogP contribution in [0.5, 0.6) is 0 Å². The van der Waals surface area contributed by atoms with E-state index in [1.807, 2.05) is 13.8 Å². The molecule has 0 aliphatic rings. The van der Waals surface area contributed by atoms with Gasteiger partial charge in [0, 0.05) is 24.3 Å². The van der Waals surface area contributed by atoms with Gasteiger partial charge in [-0.1, -0.05) is 37.0 Å². The normalized spacial score (nSPS) is 12.1. The molecule has 0 radical (unpaired) electrons. The zero-order valence-corrected chi connectivity index (χ0v) is 15.0. The molecule has 6 nitrogen and oxygen atoms in total. The molecule has 0 saturated carbocycles. The van der Waals surface area contributed by atoms with Gasteiger partial charge in [0.2, 0.25) is 5.91 Å². The summed E-state index contributed by atoms with van der Waals surface area (Å²) in [6.07, 6.45) is 1.71. The van der Waals surface area contributed by atoms with E-state index >= 15 is 0 Å². The minimum absolute atomic E-state index is 0.122. The van der Waals surface area contributed by atoms with Crippen molar-refractivity contribution in [3.63, 3.8) is 0 Å². The van der Waals surface area contributed by atoms with Crippen LogP contribution < -0.4 is 10.6 Å². The minimum atomic E-state index is -0.730. The quantitative estimate of drug-likeness (QED) is 0.850. The molecule has 2 aromatic rings. The minimum Gasteiger partial charge on any atom is -0.340 e. The number of nitrogens with zero attached hydrogens (tertiary/aromatic N) is 2. The van der Waals surface area contributed by atoms with E-state index in [1.54, 1.807) is 30.1 Å². The smallest absolute Gasteiger partial charge is 0.253 e. The zero-order valence-electron chi connectivity index (χ0n) is 13.5. The van der Waals surface area contributed by atoms with Crippen LogP contribution in [0.15, 0.2) is 30.5 Å². The molecule has 0 fully saturated rings. The first kappa shape index (κ1) is 18.3. The van der Waals surface area contributed by atoms with Crippen molar-refractivity contribution in [1.82, 2.24) is 15.1 Å². The Labute approximate surface area is 150 Å². The lowest BCUT2D eigenvalue weighted by molar-refractivity contribution is -0.118. The lowest BCUT2D eigenvalue weighted by Gasteiger charge is -2.21. The highest BCUT2D eigenvalue weighted by molar-refractivity contribution is 6.36. The summed E-state index contributed by atoms with van der Waals surface area (Å²) in [6.45, 7) is 3.68. The topological polar surface area (TPSA) is 76.0 Å².